The Morgan fingerprint density at radius 1 is 1.50 bits per heavy atom. The first kappa shape index (κ1) is 13.4. The fourth-order valence-corrected chi connectivity index (χ4v) is 2.24. The van der Waals surface area contributed by atoms with Gasteiger partial charge in [-0.3, -0.25) is 4.21 Å². The van der Waals surface area contributed by atoms with Crippen molar-refractivity contribution in [2.24, 2.45) is 0 Å². The van der Waals surface area contributed by atoms with Crippen molar-refractivity contribution in [1.29, 1.82) is 0 Å². The van der Waals surface area contributed by atoms with Gasteiger partial charge in [0.15, 0.2) is 0 Å². The van der Waals surface area contributed by atoms with E-state index in [1.807, 2.05) is 19.1 Å². The highest BCUT2D eigenvalue weighted by atomic mass is 32.2. The van der Waals surface area contributed by atoms with Crippen molar-refractivity contribution < 1.29 is 13.4 Å². The molecule has 0 aliphatic heterocycles. The van der Waals surface area contributed by atoms with Crippen molar-refractivity contribution in [3.63, 3.8) is 0 Å². The van der Waals surface area contributed by atoms with E-state index in [0.717, 1.165) is 11.5 Å². The van der Waals surface area contributed by atoms with Gasteiger partial charge >= 0.3 is 0 Å². The highest BCUT2D eigenvalue weighted by Gasteiger charge is 2.06. The molecule has 1 aromatic heterocycles. The van der Waals surface area contributed by atoms with Crippen LogP contribution in [0.1, 0.15) is 18.4 Å². The van der Waals surface area contributed by atoms with Crippen LogP contribution in [0.5, 0.6) is 0 Å². The van der Waals surface area contributed by atoms with Gasteiger partial charge in [-0.1, -0.05) is 0 Å². The van der Waals surface area contributed by atoms with Crippen LogP contribution in [0, 0.1) is 0 Å². The molecule has 92 valence electrons. The quantitative estimate of drug-likeness (QED) is 0.786. The average Bonchev–Trinajstić information content (AvgIpc) is 2.62. The van der Waals surface area contributed by atoms with Crippen LogP contribution >= 0.6 is 0 Å². The third-order valence-electron chi connectivity index (χ3n) is 2.11. The lowest BCUT2D eigenvalue weighted by Gasteiger charge is -2.10. The number of rotatable bonds is 7. The first-order chi connectivity index (χ1) is 7.61. The fourth-order valence-electron chi connectivity index (χ4n) is 1.42. The van der Waals surface area contributed by atoms with Crippen LogP contribution in [-0.4, -0.2) is 29.4 Å². The molecule has 0 saturated heterocycles. The maximum absolute atomic E-state index is 11.0. The van der Waals surface area contributed by atoms with Crippen LogP contribution < -0.4 is 5.32 Å². The normalized spacial score (nSPS) is 14.9. The topological polar surface area (TPSA) is 51.5 Å². The Hall–Kier alpha value is -0.650. The second kappa shape index (κ2) is 6.83. The maximum atomic E-state index is 11.0. The van der Waals surface area contributed by atoms with Gasteiger partial charge in [0, 0.05) is 36.0 Å². The second-order valence-corrected chi connectivity index (χ2v) is 5.30. The molecular formula is C11H19NO3S. The van der Waals surface area contributed by atoms with E-state index < -0.39 is 10.8 Å². The van der Waals surface area contributed by atoms with E-state index in [0.29, 0.717) is 18.9 Å². The Morgan fingerprint density at radius 2 is 2.19 bits per heavy atom. The van der Waals surface area contributed by atoms with E-state index in [1.165, 1.54) is 0 Å². The number of ether oxygens (including phenoxy) is 1. The lowest BCUT2D eigenvalue weighted by Crippen LogP contribution is -2.30. The van der Waals surface area contributed by atoms with Gasteiger partial charge in [0.25, 0.3) is 0 Å². The molecule has 2 unspecified atom stereocenters. The van der Waals surface area contributed by atoms with Gasteiger partial charge in [-0.15, -0.1) is 0 Å². The molecule has 4 nitrogen and oxygen atoms in total. The summed E-state index contributed by atoms with van der Waals surface area (Å²) in [4.78, 5) is 0. The zero-order valence-electron chi connectivity index (χ0n) is 9.99. The number of nitrogens with one attached hydrogen (secondary N) is 1. The molecule has 0 fully saturated rings. The first-order valence-corrected chi connectivity index (χ1v) is 6.94. The molecule has 1 heterocycles. The van der Waals surface area contributed by atoms with E-state index in [2.05, 4.69) is 5.32 Å². The Bertz CT molecular complexity index is 338. The van der Waals surface area contributed by atoms with Gasteiger partial charge in [-0.25, -0.2) is 0 Å². The van der Waals surface area contributed by atoms with Crippen LogP contribution in [0.3, 0.4) is 0 Å². The van der Waals surface area contributed by atoms with Crippen LogP contribution in [0.15, 0.2) is 16.5 Å². The Morgan fingerprint density at radius 3 is 2.81 bits per heavy atom. The Balaban J connectivity index is 2.33. The van der Waals surface area contributed by atoms with Gasteiger partial charge < -0.3 is 14.5 Å². The summed E-state index contributed by atoms with van der Waals surface area (Å²) in [5.41, 5.74) is 0. The molecular weight excluding hydrogens is 226 g/mol. The monoisotopic (exact) mass is 245 g/mol. The first-order valence-electron chi connectivity index (χ1n) is 5.21. The standard InChI is InChI=1S/C11H19NO3S/c1-9(8-16(3)13)12-6-10-4-5-11(15-10)7-14-2/h4-5,9,12H,6-8H2,1-3H3. The summed E-state index contributed by atoms with van der Waals surface area (Å²) in [6, 6.07) is 4.06. The lowest BCUT2D eigenvalue weighted by atomic mass is 10.3. The lowest BCUT2D eigenvalue weighted by molar-refractivity contribution is 0.162. The third-order valence-corrected chi connectivity index (χ3v) is 3.08. The number of hydrogen-bond acceptors (Lipinski definition) is 4. The summed E-state index contributed by atoms with van der Waals surface area (Å²) in [5, 5.41) is 3.26. The van der Waals surface area contributed by atoms with Crippen LogP contribution in [0.25, 0.3) is 0 Å². The summed E-state index contributed by atoms with van der Waals surface area (Å²) in [6.07, 6.45) is 1.71. The molecule has 0 aliphatic carbocycles. The Labute approximate surface area is 98.8 Å². The predicted molar refractivity (Wildman–Crippen MR) is 64.7 cm³/mol. The molecule has 2 atom stereocenters. The van der Waals surface area contributed by atoms with Gasteiger partial charge in [0.1, 0.15) is 18.1 Å². The minimum absolute atomic E-state index is 0.224. The predicted octanol–water partition coefficient (Wildman–Crippen LogP) is 1.28. The number of methoxy groups -OCH3 is 1. The van der Waals surface area contributed by atoms with Gasteiger partial charge in [0.2, 0.25) is 0 Å². The summed E-state index contributed by atoms with van der Waals surface area (Å²) in [5.74, 6) is 2.36. The molecule has 0 saturated carbocycles. The summed E-state index contributed by atoms with van der Waals surface area (Å²) in [6.45, 7) is 3.16. The van der Waals surface area contributed by atoms with Crippen LogP contribution in [0.4, 0.5) is 0 Å². The molecule has 1 rings (SSSR count). The molecule has 1 N–H and O–H groups in total. The summed E-state index contributed by atoms with van der Waals surface area (Å²) in [7, 11) is 0.873. The fraction of sp³-hybridized carbons (Fsp3) is 0.636. The highest BCUT2D eigenvalue weighted by Crippen LogP contribution is 2.08. The van der Waals surface area contributed by atoms with E-state index in [1.54, 1.807) is 13.4 Å². The number of furan rings is 1. The third kappa shape index (κ3) is 4.92. The van der Waals surface area contributed by atoms with Crippen molar-refractivity contribution >= 4 is 10.8 Å². The minimum atomic E-state index is -0.764. The van der Waals surface area contributed by atoms with Crippen molar-refractivity contribution in [3.05, 3.63) is 23.7 Å². The highest BCUT2D eigenvalue weighted by molar-refractivity contribution is 7.84. The van der Waals surface area contributed by atoms with Gasteiger partial charge in [-0.2, -0.15) is 0 Å². The zero-order valence-corrected chi connectivity index (χ0v) is 10.8. The van der Waals surface area contributed by atoms with E-state index in [-0.39, 0.29) is 6.04 Å². The van der Waals surface area contributed by atoms with E-state index >= 15 is 0 Å². The van der Waals surface area contributed by atoms with E-state index in [4.69, 9.17) is 9.15 Å². The molecule has 0 radical (unpaired) electrons. The largest absolute Gasteiger partial charge is 0.462 e. The molecule has 0 spiro atoms. The van der Waals surface area contributed by atoms with Gasteiger partial charge in [0.05, 0.1) is 6.54 Å². The van der Waals surface area contributed by atoms with Gasteiger partial charge in [-0.05, 0) is 19.1 Å². The van der Waals surface area contributed by atoms with E-state index in [9.17, 15) is 4.21 Å². The summed E-state index contributed by atoms with van der Waals surface area (Å²) >= 11 is 0. The molecule has 0 amide bonds. The maximum Gasteiger partial charge on any atom is 0.129 e. The zero-order chi connectivity index (χ0) is 12.0. The minimum Gasteiger partial charge on any atom is -0.462 e. The summed E-state index contributed by atoms with van der Waals surface area (Å²) < 4.78 is 21.5. The van der Waals surface area contributed by atoms with Crippen LogP contribution in [-0.2, 0) is 28.7 Å². The SMILES string of the molecule is COCc1ccc(CNC(C)CS(C)=O)o1. The molecule has 1 aromatic rings. The Kier molecular flexibility index (Phi) is 5.73. The van der Waals surface area contributed by atoms with Crippen molar-refractivity contribution in [2.75, 3.05) is 19.1 Å². The molecule has 0 aliphatic rings. The van der Waals surface area contributed by atoms with Crippen molar-refractivity contribution in [3.8, 4) is 0 Å². The molecule has 0 bridgehead atoms. The molecule has 5 heteroatoms. The average molecular weight is 245 g/mol. The van der Waals surface area contributed by atoms with Crippen molar-refractivity contribution in [1.82, 2.24) is 5.32 Å². The van der Waals surface area contributed by atoms with Crippen LogP contribution in [0.2, 0.25) is 0 Å². The van der Waals surface area contributed by atoms with Crippen molar-refractivity contribution in [2.45, 2.75) is 26.1 Å². The number of hydrogen-bond donors (Lipinski definition) is 1. The molecule has 0 aromatic carbocycles. The smallest absolute Gasteiger partial charge is 0.129 e. The second-order valence-electron chi connectivity index (χ2n) is 3.82. The molecule has 16 heavy (non-hydrogen) atoms.